The van der Waals surface area contributed by atoms with E-state index in [2.05, 4.69) is 21.9 Å². The summed E-state index contributed by atoms with van der Waals surface area (Å²) in [7, 11) is 0.166. The van der Waals surface area contributed by atoms with Crippen molar-refractivity contribution in [3.05, 3.63) is 0 Å². The van der Waals surface area contributed by atoms with Crippen LogP contribution < -0.4 is 10.0 Å². The van der Waals surface area contributed by atoms with Crippen molar-refractivity contribution in [1.29, 1.82) is 0 Å². The highest BCUT2D eigenvalue weighted by Crippen LogP contribution is 2.25. The minimum absolute atomic E-state index is 0.489. The molecule has 0 amide bonds. The Morgan fingerprint density at radius 2 is 1.89 bits per heavy atom. The minimum atomic E-state index is -3.32. The van der Waals surface area contributed by atoms with E-state index in [9.17, 15) is 8.42 Å². The molecular weight excluding hydrogens is 264 g/mol. The number of hydrogen-bond acceptors (Lipinski definition) is 4. The summed E-state index contributed by atoms with van der Waals surface area (Å²) in [5.74, 6) is 0. The molecule has 114 valence electrons. The van der Waals surface area contributed by atoms with E-state index in [0.29, 0.717) is 19.1 Å². The molecule has 0 aromatic heterocycles. The summed E-state index contributed by atoms with van der Waals surface area (Å²) in [5.41, 5.74) is 0. The Kier molecular flexibility index (Phi) is 7.23. The molecule has 0 heterocycles. The highest BCUT2D eigenvalue weighted by molar-refractivity contribution is 7.87. The molecule has 0 atom stereocenters. The topological polar surface area (TPSA) is 64.7 Å². The summed E-state index contributed by atoms with van der Waals surface area (Å²) < 4.78 is 28.0. The van der Waals surface area contributed by atoms with Crippen LogP contribution in [0, 0.1) is 0 Å². The van der Waals surface area contributed by atoms with Crippen LogP contribution in [0.3, 0.4) is 0 Å². The highest BCUT2D eigenvalue weighted by Gasteiger charge is 2.27. The monoisotopic (exact) mass is 292 g/mol. The zero-order chi connectivity index (χ0) is 14.3. The quantitative estimate of drug-likeness (QED) is 0.520. The molecule has 1 saturated carbocycles. The van der Waals surface area contributed by atoms with E-state index < -0.39 is 10.2 Å². The predicted molar refractivity (Wildman–Crippen MR) is 78.4 cm³/mol. The molecule has 0 radical (unpaired) electrons. The predicted octanol–water partition coefficient (Wildman–Crippen LogP) is -0.154. The van der Waals surface area contributed by atoms with E-state index >= 15 is 0 Å². The third kappa shape index (κ3) is 6.18. The fourth-order valence-corrected chi connectivity index (χ4v) is 3.00. The van der Waals surface area contributed by atoms with Gasteiger partial charge in [-0.2, -0.15) is 12.7 Å². The zero-order valence-electron chi connectivity index (χ0n) is 12.4. The van der Waals surface area contributed by atoms with Crippen molar-refractivity contribution in [2.24, 2.45) is 0 Å². The summed E-state index contributed by atoms with van der Waals surface area (Å²) in [4.78, 5) is 2.34. The van der Waals surface area contributed by atoms with E-state index in [1.165, 1.54) is 17.1 Å². The molecule has 0 aromatic rings. The normalized spacial score (nSPS) is 16.5. The maximum Gasteiger partial charge on any atom is 0.279 e. The van der Waals surface area contributed by atoms with E-state index in [4.69, 9.17) is 0 Å². The maximum atomic E-state index is 12.0. The molecule has 19 heavy (non-hydrogen) atoms. The number of likely N-dealkylation sites (N-methyl/N-ethyl adjacent to an activating group) is 1. The Labute approximate surface area is 117 Å². The lowest BCUT2D eigenvalue weighted by atomic mass is 10.4. The van der Waals surface area contributed by atoms with Gasteiger partial charge in [0.05, 0.1) is 0 Å². The van der Waals surface area contributed by atoms with E-state index in [1.54, 1.807) is 7.05 Å². The Balaban J connectivity index is 2.24. The van der Waals surface area contributed by atoms with Gasteiger partial charge < -0.3 is 5.32 Å². The van der Waals surface area contributed by atoms with Crippen molar-refractivity contribution in [2.75, 3.05) is 46.8 Å². The first kappa shape index (κ1) is 16.8. The number of nitrogens with one attached hydrogen (secondary N) is 2. The van der Waals surface area contributed by atoms with Crippen LogP contribution in [0.5, 0.6) is 0 Å². The van der Waals surface area contributed by atoms with Crippen molar-refractivity contribution in [1.82, 2.24) is 19.2 Å². The lowest BCUT2D eigenvalue weighted by molar-refractivity contribution is 0.281. The molecule has 0 bridgehead atoms. The molecule has 0 saturated heterocycles. The van der Waals surface area contributed by atoms with Gasteiger partial charge in [-0.1, -0.05) is 6.92 Å². The number of nitrogens with zero attached hydrogens (tertiary/aromatic N) is 2. The van der Waals surface area contributed by atoms with Gasteiger partial charge in [-0.15, -0.1) is 0 Å². The molecule has 2 N–H and O–H groups in total. The zero-order valence-corrected chi connectivity index (χ0v) is 13.2. The second-order valence-electron chi connectivity index (χ2n) is 5.04. The Bertz CT molecular complexity index is 344. The van der Waals surface area contributed by atoms with E-state index in [1.807, 2.05) is 7.05 Å². The van der Waals surface area contributed by atoms with Gasteiger partial charge in [-0.25, -0.2) is 4.72 Å². The second-order valence-corrected chi connectivity index (χ2v) is 6.90. The van der Waals surface area contributed by atoms with Crippen LogP contribution in [0.2, 0.25) is 0 Å². The van der Waals surface area contributed by atoms with Crippen molar-refractivity contribution < 1.29 is 8.42 Å². The lowest BCUT2D eigenvalue weighted by Gasteiger charge is -2.22. The van der Waals surface area contributed by atoms with Gasteiger partial charge >= 0.3 is 0 Å². The molecule has 1 fully saturated rings. The molecule has 1 aliphatic carbocycles. The molecule has 1 rings (SSSR count). The first-order valence-electron chi connectivity index (χ1n) is 7.10. The smallest absolute Gasteiger partial charge is 0.279 e. The summed E-state index contributed by atoms with van der Waals surface area (Å²) in [5, 5.41) is 3.01. The van der Waals surface area contributed by atoms with Crippen molar-refractivity contribution in [2.45, 2.75) is 32.2 Å². The molecule has 0 spiro atoms. The molecule has 6 nitrogen and oxygen atoms in total. The van der Waals surface area contributed by atoms with Crippen molar-refractivity contribution in [3.8, 4) is 0 Å². The van der Waals surface area contributed by atoms with Crippen molar-refractivity contribution in [3.63, 3.8) is 0 Å². The van der Waals surface area contributed by atoms with Gasteiger partial charge in [0.25, 0.3) is 10.2 Å². The fraction of sp³-hybridized carbons (Fsp3) is 1.00. The Hall–Kier alpha value is -0.210. The molecule has 0 aromatic carbocycles. The standard InChI is InChI=1S/C12H28N4O2S/c1-4-16(12-6-7-12)11-9-14-19(17,18)15(3)10-5-8-13-2/h12-14H,4-11H2,1-3H3. The average molecular weight is 292 g/mol. The average Bonchev–Trinajstić information content (AvgIpc) is 3.19. The third-order valence-electron chi connectivity index (χ3n) is 3.46. The maximum absolute atomic E-state index is 12.0. The Morgan fingerprint density at radius 1 is 1.21 bits per heavy atom. The first-order chi connectivity index (χ1) is 9.01. The summed E-state index contributed by atoms with van der Waals surface area (Å²) in [6.45, 7) is 5.76. The molecule has 1 aliphatic rings. The number of rotatable bonds is 11. The van der Waals surface area contributed by atoms with E-state index in [-0.39, 0.29) is 0 Å². The lowest BCUT2D eigenvalue weighted by Crippen LogP contribution is -2.43. The van der Waals surface area contributed by atoms with E-state index in [0.717, 1.165) is 26.1 Å². The van der Waals surface area contributed by atoms with Crippen LogP contribution in [0.4, 0.5) is 0 Å². The van der Waals surface area contributed by atoms with Crippen LogP contribution in [-0.4, -0.2) is 70.5 Å². The van der Waals surface area contributed by atoms with Gasteiger partial charge in [-0.3, -0.25) is 4.90 Å². The molecule has 0 aliphatic heterocycles. The molecule has 0 unspecified atom stereocenters. The second kappa shape index (κ2) is 8.16. The fourth-order valence-electron chi connectivity index (χ4n) is 2.07. The van der Waals surface area contributed by atoms with Gasteiger partial charge in [0, 0.05) is 32.7 Å². The minimum Gasteiger partial charge on any atom is -0.320 e. The Morgan fingerprint density at radius 3 is 2.42 bits per heavy atom. The van der Waals surface area contributed by atoms with Crippen LogP contribution in [0.15, 0.2) is 0 Å². The highest BCUT2D eigenvalue weighted by atomic mass is 32.2. The molecular formula is C12H28N4O2S. The van der Waals surface area contributed by atoms with Gasteiger partial charge in [0.2, 0.25) is 0 Å². The third-order valence-corrected chi connectivity index (χ3v) is 5.04. The largest absolute Gasteiger partial charge is 0.320 e. The molecule has 7 heteroatoms. The summed E-state index contributed by atoms with van der Waals surface area (Å²) in [6, 6.07) is 0.683. The number of hydrogen-bond donors (Lipinski definition) is 2. The van der Waals surface area contributed by atoms with Gasteiger partial charge in [0.15, 0.2) is 0 Å². The van der Waals surface area contributed by atoms with Crippen LogP contribution in [-0.2, 0) is 10.2 Å². The van der Waals surface area contributed by atoms with Crippen LogP contribution in [0.25, 0.3) is 0 Å². The van der Waals surface area contributed by atoms with Crippen LogP contribution >= 0.6 is 0 Å². The SMILES string of the molecule is CCN(CCNS(=O)(=O)N(C)CCCNC)C1CC1. The summed E-state index contributed by atoms with van der Waals surface area (Å²) in [6.07, 6.45) is 3.33. The first-order valence-corrected chi connectivity index (χ1v) is 8.54. The van der Waals surface area contributed by atoms with Crippen LogP contribution in [0.1, 0.15) is 26.2 Å². The summed E-state index contributed by atoms with van der Waals surface area (Å²) >= 11 is 0. The van der Waals surface area contributed by atoms with Crippen molar-refractivity contribution >= 4 is 10.2 Å². The van der Waals surface area contributed by atoms with Gasteiger partial charge in [-0.05, 0) is 39.4 Å². The van der Waals surface area contributed by atoms with Gasteiger partial charge in [0.1, 0.15) is 0 Å².